The molecular formula is C12H15NO2. The van der Waals surface area contributed by atoms with Gasteiger partial charge in [0.1, 0.15) is 0 Å². The smallest absolute Gasteiger partial charge is 0.405 e. The van der Waals surface area contributed by atoms with E-state index < -0.39 is 6.09 Å². The molecule has 15 heavy (non-hydrogen) atoms. The van der Waals surface area contributed by atoms with Gasteiger partial charge in [0.25, 0.3) is 0 Å². The summed E-state index contributed by atoms with van der Waals surface area (Å²) in [5.74, 6) is 0. The average molecular weight is 205 g/mol. The molecular weight excluding hydrogens is 190 g/mol. The van der Waals surface area contributed by atoms with Crippen molar-refractivity contribution in [1.82, 2.24) is 5.32 Å². The molecule has 1 aromatic rings. The molecule has 1 aromatic carbocycles. The van der Waals surface area contributed by atoms with Crippen molar-refractivity contribution in [1.29, 1.82) is 0 Å². The summed E-state index contributed by atoms with van der Waals surface area (Å²) in [6.07, 6.45) is 3.07. The fourth-order valence-corrected chi connectivity index (χ4v) is 2.43. The second-order valence-electron chi connectivity index (χ2n) is 4.09. The van der Waals surface area contributed by atoms with Crippen LogP contribution in [0.1, 0.15) is 31.2 Å². The Hall–Kier alpha value is -1.51. The van der Waals surface area contributed by atoms with E-state index in [1.165, 1.54) is 0 Å². The van der Waals surface area contributed by atoms with E-state index in [1.54, 1.807) is 0 Å². The van der Waals surface area contributed by atoms with E-state index in [4.69, 9.17) is 5.11 Å². The number of amides is 1. The molecule has 1 amide bonds. The summed E-state index contributed by atoms with van der Waals surface area (Å²) >= 11 is 0. The number of carbonyl (C=O) groups is 1. The van der Waals surface area contributed by atoms with E-state index in [0.29, 0.717) is 0 Å². The molecule has 1 fully saturated rings. The van der Waals surface area contributed by atoms with Gasteiger partial charge in [0.05, 0.1) is 5.54 Å². The predicted octanol–water partition coefficient (Wildman–Crippen LogP) is 2.72. The van der Waals surface area contributed by atoms with Crippen LogP contribution in [0.15, 0.2) is 30.3 Å². The maximum absolute atomic E-state index is 10.8. The maximum atomic E-state index is 10.8. The van der Waals surface area contributed by atoms with Gasteiger partial charge in [-0.3, -0.25) is 0 Å². The summed E-state index contributed by atoms with van der Waals surface area (Å²) in [6, 6.07) is 9.87. The van der Waals surface area contributed by atoms with Gasteiger partial charge in [-0.05, 0) is 18.4 Å². The normalized spacial score (nSPS) is 18.7. The molecule has 3 nitrogen and oxygen atoms in total. The molecule has 0 bridgehead atoms. The van der Waals surface area contributed by atoms with Crippen LogP contribution in [0.5, 0.6) is 0 Å². The van der Waals surface area contributed by atoms with Crippen molar-refractivity contribution in [3.05, 3.63) is 35.9 Å². The Morgan fingerprint density at radius 2 is 1.80 bits per heavy atom. The van der Waals surface area contributed by atoms with Gasteiger partial charge in [0.15, 0.2) is 0 Å². The molecule has 0 aromatic heterocycles. The lowest BCUT2D eigenvalue weighted by molar-refractivity contribution is 0.177. The first-order valence-electron chi connectivity index (χ1n) is 5.30. The lowest BCUT2D eigenvalue weighted by Gasteiger charge is -2.29. The van der Waals surface area contributed by atoms with Gasteiger partial charge in [-0.25, -0.2) is 4.79 Å². The van der Waals surface area contributed by atoms with Gasteiger partial charge < -0.3 is 10.4 Å². The summed E-state index contributed by atoms with van der Waals surface area (Å²) < 4.78 is 0. The molecule has 1 aliphatic carbocycles. The highest BCUT2D eigenvalue weighted by Gasteiger charge is 2.36. The summed E-state index contributed by atoms with van der Waals surface area (Å²) in [6.45, 7) is 0. The Morgan fingerprint density at radius 3 is 2.33 bits per heavy atom. The Balaban J connectivity index is 2.30. The molecule has 1 saturated carbocycles. The number of benzene rings is 1. The van der Waals surface area contributed by atoms with Crippen molar-refractivity contribution < 1.29 is 9.90 Å². The van der Waals surface area contributed by atoms with Gasteiger partial charge in [-0.15, -0.1) is 0 Å². The van der Waals surface area contributed by atoms with E-state index in [2.05, 4.69) is 5.32 Å². The molecule has 0 saturated heterocycles. The highest BCUT2D eigenvalue weighted by molar-refractivity contribution is 5.66. The Kier molecular flexibility index (Phi) is 2.62. The standard InChI is InChI=1S/C12H15NO2/c14-11(15)13-12(8-4-5-9-12)10-6-2-1-3-7-10/h1-3,6-7,13H,4-5,8-9H2,(H,14,15). The highest BCUT2D eigenvalue weighted by Crippen LogP contribution is 2.38. The van der Waals surface area contributed by atoms with Crippen molar-refractivity contribution in [2.75, 3.05) is 0 Å². The van der Waals surface area contributed by atoms with Crippen molar-refractivity contribution in [2.24, 2.45) is 0 Å². The fourth-order valence-electron chi connectivity index (χ4n) is 2.43. The monoisotopic (exact) mass is 205 g/mol. The average Bonchev–Trinajstić information content (AvgIpc) is 2.68. The fraction of sp³-hybridized carbons (Fsp3) is 0.417. The van der Waals surface area contributed by atoms with Crippen LogP contribution in [0.25, 0.3) is 0 Å². The number of rotatable bonds is 2. The zero-order chi connectivity index (χ0) is 10.7. The molecule has 80 valence electrons. The van der Waals surface area contributed by atoms with Crippen LogP contribution in [0, 0.1) is 0 Å². The lowest BCUT2D eigenvalue weighted by Crippen LogP contribution is -2.42. The minimum atomic E-state index is -0.930. The van der Waals surface area contributed by atoms with Gasteiger partial charge in [-0.2, -0.15) is 0 Å². The van der Waals surface area contributed by atoms with Gasteiger partial charge in [0.2, 0.25) is 0 Å². The third-order valence-corrected chi connectivity index (χ3v) is 3.13. The van der Waals surface area contributed by atoms with Crippen LogP contribution in [-0.4, -0.2) is 11.2 Å². The second-order valence-corrected chi connectivity index (χ2v) is 4.09. The molecule has 0 atom stereocenters. The Bertz CT molecular complexity index is 342. The maximum Gasteiger partial charge on any atom is 0.405 e. The van der Waals surface area contributed by atoms with E-state index in [0.717, 1.165) is 31.2 Å². The number of hydrogen-bond acceptors (Lipinski definition) is 1. The number of nitrogens with one attached hydrogen (secondary N) is 1. The summed E-state index contributed by atoms with van der Waals surface area (Å²) in [7, 11) is 0. The minimum absolute atomic E-state index is 0.340. The zero-order valence-electron chi connectivity index (χ0n) is 8.57. The quantitative estimate of drug-likeness (QED) is 0.779. The van der Waals surface area contributed by atoms with Crippen LogP contribution in [0.4, 0.5) is 4.79 Å². The largest absolute Gasteiger partial charge is 0.465 e. The first kappa shape index (κ1) is 10.0. The highest BCUT2D eigenvalue weighted by atomic mass is 16.4. The first-order chi connectivity index (χ1) is 7.23. The molecule has 0 unspecified atom stereocenters. The molecule has 0 aliphatic heterocycles. The van der Waals surface area contributed by atoms with E-state index in [9.17, 15) is 4.79 Å². The van der Waals surface area contributed by atoms with Crippen molar-refractivity contribution >= 4 is 6.09 Å². The molecule has 2 N–H and O–H groups in total. The van der Waals surface area contributed by atoms with Gasteiger partial charge in [-0.1, -0.05) is 43.2 Å². The van der Waals surface area contributed by atoms with Crippen molar-refractivity contribution in [3.63, 3.8) is 0 Å². The Morgan fingerprint density at radius 1 is 1.20 bits per heavy atom. The molecule has 0 spiro atoms. The number of carboxylic acid groups (broad SMARTS) is 1. The van der Waals surface area contributed by atoms with E-state index >= 15 is 0 Å². The number of hydrogen-bond donors (Lipinski definition) is 2. The zero-order valence-corrected chi connectivity index (χ0v) is 8.57. The van der Waals surface area contributed by atoms with Crippen LogP contribution in [0.2, 0.25) is 0 Å². The Labute approximate surface area is 89.1 Å². The van der Waals surface area contributed by atoms with Gasteiger partial charge >= 0.3 is 6.09 Å². The van der Waals surface area contributed by atoms with Crippen molar-refractivity contribution in [2.45, 2.75) is 31.2 Å². The summed E-state index contributed by atoms with van der Waals surface area (Å²) in [5.41, 5.74) is 0.748. The van der Waals surface area contributed by atoms with Crippen LogP contribution < -0.4 is 5.32 Å². The molecule has 0 heterocycles. The first-order valence-corrected chi connectivity index (χ1v) is 5.30. The van der Waals surface area contributed by atoms with Gasteiger partial charge in [0, 0.05) is 0 Å². The minimum Gasteiger partial charge on any atom is -0.465 e. The van der Waals surface area contributed by atoms with E-state index in [1.807, 2.05) is 30.3 Å². The topological polar surface area (TPSA) is 49.3 Å². The van der Waals surface area contributed by atoms with E-state index in [-0.39, 0.29) is 5.54 Å². The second kappa shape index (κ2) is 3.93. The molecule has 0 radical (unpaired) electrons. The van der Waals surface area contributed by atoms with Crippen LogP contribution in [0.3, 0.4) is 0 Å². The summed E-state index contributed by atoms with van der Waals surface area (Å²) in [5, 5.41) is 11.6. The molecule has 2 rings (SSSR count). The van der Waals surface area contributed by atoms with Crippen LogP contribution >= 0.6 is 0 Å². The SMILES string of the molecule is O=C(O)NC1(c2ccccc2)CCCC1. The molecule has 1 aliphatic rings. The summed E-state index contributed by atoms with van der Waals surface area (Å²) in [4.78, 5) is 10.8. The third kappa shape index (κ3) is 1.96. The van der Waals surface area contributed by atoms with Crippen LogP contribution in [-0.2, 0) is 5.54 Å². The molecule has 3 heteroatoms. The third-order valence-electron chi connectivity index (χ3n) is 3.13. The van der Waals surface area contributed by atoms with Crippen molar-refractivity contribution in [3.8, 4) is 0 Å². The lowest BCUT2D eigenvalue weighted by atomic mass is 9.88. The predicted molar refractivity (Wildman–Crippen MR) is 57.7 cm³/mol.